The van der Waals surface area contributed by atoms with Gasteiger partial charge in [-0.1, -0.05) is 78.9 Å². The highest BCUT2D eigenvalue weighted by Crippen LogP contribution is 2.37. The molecule has 49 heavy (non-hydrogen) atoms. The fraction of sp³-hybridized carbons (Fsp3) is 0.189. The van der Waals surface area contributed by atoms with E-state index in [9.17, 15) is 23.4 Å². The van der Waals surface area contributed by atoms with Gasteiger partial charge in [-0.15, -0.1) is 0 Å². The van der Waals surface area contributed by atoms with Gasteiger partial charge in [-0.3, -0.25) is 0 Å². The normalized spacial score (nSPS) is 12.3. The standard InChI is InChI=1S/C37H35F3N6O3/c38-37(39,40)36(41)35-34(27-8-2-1-3-9-27)44-23-46(35)21-26-12-13-30(33(48)19-26)28-10-4-6-24(16-28)18-31-32(14-15-49-42)45(22-43-31)20-25-7-5-11-29(47)17-25/h1-13,16-17,19,22-23,36,47-48H,14-15,18,20-21,41-42H2. The Hall–Kier alpha value is -5.43. The van der Waals surface area contributed by atoms with E-state index in [1.807, 2.05) is 34.9 Å². The number of nitrogens with zero attached hydrogens (tertiary/aromatic N) is 4. The molecule has 4 aromatic carbocycles. The first-order chi connectivity index (χ1) is 23.6. The van der Waals surface area contributed by atoms with Gasteiger partial charge in [-0.2, -0.15) is 13.2 Å². The van der Waals surface area contributed by atoms with Crippen molar-refractivity contribution in [3.63, 3.8) is 0 Å². The number of imidazole rings is 2. The Morgan fingerprint density at radius 2 is 1.45 bits per heavy atom. The van der Waals surface area contributed by atoms with Gasteiger partial charge in [0.15, 0.2) is 0 Å². The van der Waals surface area contributed by atoms with Crippen molar-refractivity contribution in [2.75, 3.05) is 6.61 Å². The van der Waals surface area contributed by atoms with Crippen LogP contribution in [0.25, 0.3) is 22.4 Å². The zero-order chi connectivity index (χ0) is 34.5. The predicted octanol–water partition coefficient (Wildman–Crippen LogP) is 6.51. The fourth-order valence-electron chi connectivity index (χ4n) is 6.00. The molecule has 0 fully saturated rings. The van der Waals surface area contributed by atoms with Crippen molar-refractivity contribution in [1.82, 2.24) is 19.1 Å². The number of alkyl halides is 3. The molecular formula is C37H35F3N6O3. The van der Waals surface area contributed by atoms with E-state index in [2.05, 4.69) is 9.97 Å². The molecule has 0 amide bonds. The molecule has 6 aromatic rings. The van der Waals surface area contributed by atoms with Crippen LogP contribution in [0, 0.1) is 0 Å². The first-order valence-corrected chi connectivity index (χ1v) is 15.6. The highest BCUT2D eigenvalue weighted by Gasteiger charge is 2.41. The van der Waals surface area contributed by atoms with Gasteiger partial charge in [0.1, 0.15) is 17.5 Å². The third kappa shape index (κ3) is 7.67. The van der Waals surface area contributed by atoms with Gasteiger partial charge >= 0.3 is 6.18 Å². The van der Waals surface area contributed by atoms with Crippen molar-refractivity contribution in [2.45, 2.75) is 38.1 Å². The molecule has 1 unspecified atom stereocenters. The largest absolute Gasteiger partial charge is 0.508 e. The number of hydrogen-bond donors (Lipinski definition) is 4. The van der Waals surface area contributed by atoms with Crippen LogP contribution in [0.4, 0.5) is 13.2 Å². The van der Waals surface area contributed by atoms with Gasteiger partial charge in [0, 0.05) is 42.8 Å². The van der Waals surface area contributed by atoms with E-state index in [-0.39, 0.29) is 29.4 Å². The molecule has 0 aliphatic carbocycles. The molecule has 0 saturated heterocycles. The van der Waals surface area contributed by atoms with Crippen LogP contribution < -0.4 is 11.6 Å². The summed E-state index contributed by atoms with van der Waals surface area (Å²) >= 11 is 0. The molecule has 252 valence electrons. The van der Waals surface area contributed by atoms with Crippen molar-refractivity contribution < 1.29 is 28.2 Å². The van der Waals surface area contributed by atoms with Gasteiger partial charge in [0.25, 0.3) is 0 Å². The Bertz CT molecular complexity index is 2040. The second-order valence-electron chi connectivity index (χ2n) is 11.8. The molecule has 0 spiro atoms. The maximum Gasteiger partial charge on any atom is 0.409 e. The molecule has 2 heterocycles. The third-order valence-corrected chi connectivity index (χ3v) is 8.35. The fourth-order valence-corrected chi connectivity index (χ4v) is 6.00. The topological polar surface area (TPSA) is 137 Å². The van der Waals surface area contributed by atoms with Crippen LogP contribution >= 0.6 is 0 Å². The third-order valence-electron chi connectivity index (χ3n) is 8.35. The lowest BCUT2D eigenvalue weighted by Gasteiger charge is -2.20. The summed E-state index contributed by atoms with van der Waals surface area (Å²) < 4.78 is 44.9. The van der Waals surface area contributed by atoms with Crippen molar-refractivity contribution in [3.05, 3.63) is 143 Å². The van der Waals surface area contributed by atoms with Crippen LogP contribution in [-0.2, 0) is 30.8 Å². The Balaban J connectivity index is 1.24. The highest BCUT2D eigenvalue weighted by atomic mass is 19.4. The van der Waals surface area contributed by atoms with E-state index in [1.54, 1.807) is 73.1 Å². The summed E-state index contributed by atoms with van der Waals surface area (Å²) in [6, 6.07) is 26.2. The number of phenols is 2. The lowest BCUT2D eigenvalue weighted by molar-refractivity contribution is -0.150. The summed E-state index contributed by atoms with van der Waals surface area (Å²) in [4.78, 5) is 13.8. The maximum atomic E-state index is 13.9. The number of hydrogen-bond acceptors (Lipinski definition) is 7. The molecular weight excluding hydrogens is 633 g/mol. The monoisotopic (exact) mass is 668 g/mol. The van der Waals surface area contributed by atoms with E-state index < -0.39 is 12.2 Å². The number of aromatic nitrogens is 4. The lowest BCUT2D eigenvalue weighted by Crippen LogP contribution is -2.31. The Labute approximate surface area is 280 Å². The molecule has 0 aliphatic heterocycles. The van der Waals surface area contributed by atoms with E-state index in [0.29, 0.717) is 42.7 Å². The first kappa shape index (κ1) is 33.5. The SMILES string of the molecule is NOCCc1c(Cc2cccc(-c3ccc(Cn4cnc(-c5ccccc5)c4C(N)C(F)(F)F)cc3O)c2)ncn1Cc1cccc(O)c1. The van der Waals surface area contributed by atoms with E-state index in [0.717, 1.165) is 28.1 Å². The van der Waals surface area contributed by atoms with Gasteiger partial charge in [-0.25, -0.2) is 15.9 Å². The summed E-state index contributed by atoms with van der Waals surface area (Å²) in [7, 11) is 0. The number of benzene rings is 4. The van der Waals surface area contributed by atoms with Gasteiger partial charge < -0.3 is 29.9 Å². The molecule has 6 rings (SSSR count). The molecule has 0 aliphatic rings. The molecule has 1 atom stereocenters. The molecule has 0 saturated carbocycles. The van der Waals surface area contributed by atoms with Crippen molar-refractivity contribution in [1.29, 1.82) is 0 Å². The van der Waals surface area contributed by atoms with Crippen LogP contribution in [0.5, 0.6) is 11.5 Å². The van der Waals surface area contributed by atoms with E-state index in [4.69, 9.17) is 16.5 Å². The van der Waals surface area contributed by atoms with Crippen molar-refractivity contribution in [3.8, 4) is 33.9 Å². The molecule has 2 aromatic heterocycles. The molecule has 12 heteroatoms. The van der Waals surface area contributed by atoms with Crippen LogP contribution in [0.1, 0.15) is 39.8 Å². The van der Waals surface area contributed by atoms with Crippen LogP contribution in [0.2, 0.25) is 0 Å². The zero-order valence-electron chi connectivity index (χ0n) is 26.4. The summed E-state index contributed by atoms with van der Waals surface area (Å²) in [6.07, 6.45) is -0.536. The molecule has 0 bridgehead atoms. The smallest absolute Gasteiger partial charge is 0.409 e. The Kier molecular flexibility index (Phi) is 9.81. The minimum Gasteiger partial charge on any atom is -0.508 e. The second-order valence-corrected chi connectivity index (χ2v) is 11.8. The minimum atomic E-state index is -4.68. The predicted molar refractivity (Wildman–Crippen MR) is 179 cm³/mol. The minimum absolute atomic E-state index is 0.0177. The molecule has 6 N–H and O–H groups in total. The lowest BCUT2D eigenvalue weighted by atomic mass is 9.98. The number of halogens is 3. The zero-order valence-corrected chi connectivity index (χ0v) is 26.4. The van der Waals surface area contributed by atoms with Crippen LogP contribution in [-0.4, -0.2) is 42.1 Å². The molecule has 0 radical (unpaired) electrons. The first-order valence-electron chi connectivity index (χ1n) is 15.6. The van der Waals surface area contributed by atoms with Crippen LogP contribution in [0.15, 0.2) is 110 Å². The average Bonchev–Trinajstić information content (AvgIpc) is 3.66. The maximum absolute atomic E-state index is 13.9. The Morgan fingerprint density at radius 1 is 0.755 bits per heavy atom. The van der Waals surface area contributed by atoms with E-state index >= 15 is 0 Å². The average molecular weight is 669 g/mol. The van der Waals surface area contributed by atoms with Gasteiger partial charge in [0.2, 0.25) is 0 Å². The number of rotatable bonds is 12. The van der Waals surface area contributed by atoms with Crippen LogP contribution in [0.3, 0.4) is 0 Å². The number of aromatic hydroxyl groups is 2. The summed E-state index contributed by atoms with van der Waals surface area (Å²) in [5, 5.41) is 21.0. The number of phenolic OH excluding ortho intramolecular Hbond substituents is 2. The summed E-state index contributed by atoms with van der Waals surface area (Å²) in [5.41, 5.74) is 11.8. The summed E-state index contributed by atoms with van der Waals surface area (Å²) in [6.45, 7) is 0.834. The van der Waals surface area contributed by atoms with Gasteiger partial charge in [-0.05, 0) is 40.5 Å². The highest BCUT2D eigenvalue weighted by molar-refractivity contribution is 5.71. The Morgan fingerprint density at radius 3 is 2.18 bits per heavy atom. The quantitative estimate of drug-likeness (QED) is 0.109. The second kappa shape index (κ2) is 14.4. The van der Waals surface area contributed by atoms with Crippen molar-refractivity contribution in [2.24, 2.45) is 11.6 Å². The van der Waals surface area contributed by atoms with Crippen molar-refractivity contribution >= 4 is 0 Å². The van der Waals surface area contributed by atoms with Gasteiger partial charge in [0.05, 0.1) is 36.3 Å². The number of nitrogens with two attached hydrogens (primary N) is 2. The summed E-state index contributed by atoms with van der Waals surface area (Å²) in [5.74, 6) is 5.51. The molecule has 9 nitrogen and oxygen atoms in total. The van der Waals surface area contributed by atoms with E-state index in [1.165, 1.54) is 10.9 Å².